The summed E-state index contributed by atoms with van der Waals surface area (Å²) in [5, 5.41) is 3.65. The van der Waals surface area contributed by atoms with Crippen molar-refractivity contribution in [3.63, 3.8) is 0 Å². The molecule has 1 heterocycles. The highest BCUT2D eigenvalue weighted by atomic mass is 16.5. The fourth-order valence-electron chi connectivity index (χ4n) is 2.77. The van der Waals surface area contributed by atoms with Gasteiger partial charge in [0, 0.05) is 18.6 Å². The Labute approximate surface area is 113 Å². The van der Waals surface area contributed by atoms with Crippen LogP contribution in [0.5, 0.6) is 0 Å². The Morgan fingerprint density at radius 3 is 2.72 bits per heavy atom. The molecule has 18 heavy (non-hydrogen) atoms. The number of nitrogens with zero attached hydrogens (tertiary/aromatic N) is 1. The Morgan fingerprint density at radius 2 is 2.06 bits per heavy atom. The molecule has 1 saturated heterocycles. The standard InChI is InChI=1S/C15H32N2O/c1-5-9-16-14(4)15-8-6-7-10-17(15)11-12-18-13(2)3/h13-16H,5-12H2,1-4H3. The molecule has 108 valence electrons. The molecule has 0 saturated carbocycles. The molecule has 0 aromatic heterocycles. The summed E-state index contributed by atoms with van der Waals surface area (Å²) in [5.41, 5.74) is 0. The van der Waals surface area contributed by atoms with Crippen LogP contribution >= 0.6 is 0 Å². The van der Waals surface area contributed by atoms with E-state index in [2.05, 4.69) is 37.9 Å². The Morgan fingerprint density at radius 1 is 1.28 bits per heavy atom. The van der Waals surface area contributed by atoms with Crippen LogP contribution in [0.3, 0.4) is 0 Å². The normalized spacial score (nSPS) is 23.5. The monoisotopic (exact) mass is 256 g/mol. The van der Waals surface area contributed by atoms with Crippen molar-refractivity contribution in [1.29, 1.82) is 0 Å². The summed E-state index contributed by atoms with van der Waals surface area (Å²) < 4.78 is 5.69. The molecule has 0 spiro atoms. The van der Waals surface area contributed by atoms with E-state index in [0.29, 0.717) is 18.2 Å². The number of rotatable bonds is 8. The van der Waals surface area contributed by atoms with Gasteiger partial charge in [-0.25, -0.2) is 0 Å². The number of ether oxygens (including phenoxy) is 1. The van der Waals surface area contributed by atoms with Crippen LogP contribution in [0.2, 0.25) is 0 Å². The largest absolute Gasteiger partial charge is 0.377 e. The minimum atomic E-state index is 0.351. The third kappa shape index (κ3) is 5.68. The molecule has 2 atom stereocenters. The Balaban J connectivity index is 2.36. The third-order valence-electron chi connectivity index (χ3n) is 3.79. The molecule has 0 aromatic rings. The number of hydrogen-bond donors (Lipinski definition) is 1. The van der Waals surface area contributed by atoms with Crippen molar-refractivity contribution in [2.75, 3.05) is 26.2 Å². The van der Waals surface area contributed by atoms with Gasteiger partial charge in [-0.05, 0) is 53.1 Å². The minimum absolute atomic E-state index is 0.351. The van der Waals surface area contributed by atoms with E-state index < -0.39 is 0 Å². The zero-order valence-electron chi connectivity index (χ0n) is 12.7. The first-order valence-electron chi connectivity index (χ1n) is 7.74. The minimum Gasteiger partial charge on any atom is -0.377 e. The highest BCUT2D eigenvalue weighted by Gasteiger charge is 2.26. The maximum atomic E-state index is 5.69. The average Bonchev–Trinajstić information content (AvgIpc) is 2.36. The van der Waals surface area contributed by atoms with Crippen LogP contribution < -0.4 is 5.32 Å². The Bertz CT molecular complexity index is 209. The van der Waals surface area contributed by atoms with E-state index in [9.17, 15) is 0 Å². The third-order valence-corrected chi connectivity index (χ3v) is 3.79. The first-order chi connectivity index (χ1) is 8.65. The number of hydrogen-bond acceptors (Lipinski definition) is 3. The van der Waals surface area contributed by atoms with Crippen LogP contribution in [0.15, 0.2) is 0 Å². The highest BCUT2D eigenvalue weighted by molar-refractivity contribution is 4.84. The van der Waals surface area contributed by atoms with Crippen LogP contribution in [0.25, 0.3) is 0 Å². The maximum absolute atomic E-state index is 5.69. The van der Waals surface area contributed by atoms with E-state index in [1.54, 1.807) is 0 Å². The van der Waals surface area contributed by atoms with Gasteiger partial charge in [0.15, 0.2) is 0 Å². The molecule has 0 bridgehead atoms. The summed E-state index contributed by atoms with van der Waals surface area (Å²) in [5.74, 6) is 0. The number of piperidine rings is 1. The highest BCUT2D eigenvalue weighted by Crippen LogP contribution is 2.19. The molecule has 0 aromatic carbocycles. The molecule has 2 unspecified atom stereocenters. The lowest BCUT2D eigenvalue weighted by atomic mass is 9.96. The van der Waals surface area contributed by atoms with Crippen molar-refractivity contribution in [2.24, 2.45) is 0 Å². The molecule has 3 heteroatoms. The van der Waals surface area contributed by atoms with E-state index in [0.717, 1.165) is 19.7 Å². The van der Waals surface area contributed by atoms with Crippen molar-refractivity contribution in [3.8, 4) is 0 Å². The van der Waals surface area contributed by atoms with E-state index >= 15 is 0 Å². The van der Waals surface area contributed by atoms with E-state index in [4.69, 9.17) is 4.74 Å². The summed E-state index contributed by atoms with van der Waals surface area (Å²) in [7, 11) is 0. The van der Waals surface area contributed by atoms with Gasteiger partial charge in [0.05, 0.1) is 12.7 Å². The van der Waals surface area contributed by atoms with Crippen molar-refractivity contribution in [3.05, 3.63) is 0 Å². The molecule has 1 aliphatic heterocycles. The lowest BCUT2D eigenvalue weighted by Crippen LogP contribution is -2.52. The van der Waals surface area contributed by atoms with Gasteiger partial charge in [-0.15, -0.1) is 0 Å². The first kappa shape index (κ1) is 15.9. The van der Waals surface area contributed by atoms with Gasteiger partial charge in [0.2, 0.25) is 0 Å². The molecule has 1 N–H and O–H groups in total. The second-order valence-electron chi connectivity index (χ2n) is 5.76. The topological polar surface area (TPSA) is 24.5 Å². The lowest BCUT2D eigenvalue weighted by Gasteiger charge is -2.39. The van der Waals surface area contributed by atoms with Crippen LogP contribution in [0.4, 0.5) is 0 Å². The van der Waals surface area contributed by atoms with Crippen LogP contribution in [0.1, 0.15) is 53.4 Å². The SMILES string of the molecule is CCCNC(C)C1CCCCN1CCOC(C)C. The zero-order chi connectivity index (χ0) is 13.4. The fourth-order valence-corrected chi connectivity index (χ4v) is 2.77. The quantitative estimate of drug-likeness (QED) is 0.722. The summed E-state index contributed by atoms with van der Waals surface area (Å²) in [6, 6.07) is 1.30. The molecule has 1 rings (SSSR count). The molecule has 0 radical (unpaired) electrons. The Hall–Kier alpha value is -0.120. The summed E-state index contributed by atoms with van der Waals surface area (Å²) >= 11 is 0. The van der Waals surface area contributed by atoms with Crippen LogP contribution in [-0.2, 0) is 4.74 Å². The summed E-state index contributed by atoms with van der Waals surface area (Å²) in [6.07, 6.45) is 5.62. The van der Waals surface area contributed by atoms with Gasteiger partial charge in [0.1, 0.15) is 0 Å². The molecule has 1 fully saturated rings. The Kier molecular flexibility index (Phi) is 7.87. The number of likely N-dealkylation sites (tertiary alicyclic amines) is 1. The average molecular weight is 256 g/mol. The fraction of sp³-hybridized carbons (Fsp3) is 1.00. The van der Waals surface area contributed by atoms with E-state index in [-0.39, 0.29) is 0 Å². The zero-order valence-corrected chi connectivity index (χ0v) is 12.7. The second kappa shape index (κ2) is 8.89. The number of nitrogens with one attached hydrogen (secondary N) is 1. The van der Waals surface area contributed by atoms with Gasteiger partial charge in [-0.1, -0.05) is 13.3 Å². The molecule has 1 aliphatic rings. The van der Waals surface area contributed by atoms with E-state index in [1.807, 2.05) is 0 Å². The summed E-state index contributed by atoms with van der Waals surface area (Å²) in [6.45, 7) is 13.1. The van der Waals surface area contributed by atoms with E-state index in [1.165, 1.54) is 32.2 Å². The van der Waals surface area contributed by atoms with Gasteiger partial charge in [-0.2, -0.15) is 0 Å². The van der Waals surface area contributed by atoms with Crippen molar-refractivity contribution in [2.45, 2.75) is 71.6 Å². The molecular formula is C15H32N2O. The van der Waals surface area contributed by atoms with Crippen molar-refractivity contribution >= 4 is 0 Å². The molecule has 0 aliphatic carbocycles. The van der Waals surface area contributed by atoms with Gasteiger partial charge in [0.25, 0.3) is 0 Å². The second-order valence-corrected chi connectivity index (χ2v) is 5.76. The van der Waals surface area contributed by atoms with Gasteiger partial charge >= 0.3 is 0 Å². The predicted molar refractivity (Wildman–Crippen MR) is 78.1 cm³/mol. The van der Waals surface area contributed by atoms with Gasteiger partial charge in [-0.3, -0.25) is 4.90 Å². The van der Waals surface area contributed by atoms with Crippen LogP contribution in [-0.4, -0.2) is 49.3 Å². The molecule has 3 nitrogen and oxygen atoms in total. The predicted octanol–water partition coefficient (Wildman–Crippen LogP) is 2.65. The lowest BCUT2D eigenvalue weighted by molar-refractivity contribution is 0.0338. The first-order valence-corrected chi connectivity index (χ1v) is 7.74. The van der Waals surface area contributed by atoms with Crippen LogP contribution in [0, 0.1) is 0 Å². The maximum Gasteiger partial charge on any atom is 0.0597 e. The summed E-state index contributed by atoms with van der Waals surface area (Å²) in [4.78, 5) is 2.62. The van der Waals surface area contributed by atoms with Crippen molar-refractivity contribution in [1.82, 2.24) is 10.2 Å². The molecular weight excluding hydrogens is 224 g/mol. The molecule has 0 amide bonds. The smallest absolute Gasteiger partial charge is 0.0597 e. The van der Waals surface area contributed by atoms with Crippen molar-refractivity contribution < 1.29 is 4.74 Å². The van der Waals surface area contributed by atoms with Gasteiger partial charge < -0.3 is 10.1 Å².